The minimum atomic E-state index is 0.640. The van der Waals surface area contributed by atoms with Crippen molar-refractivity contribution in [3.63, 3.8) is 0 Å². The lowest BCUT2D eigenvalue weighted by Crippen LogP contribution is -2.15. The summed E-state index contributed by atoms with van der Waals surface area (Å²) >= 11 is 0. The Bertz CT molecular complexity index is 538. The van der Waals surface area contributed by atoms with Crippen molar-refractivity contribution in [2.45, 2.75) is 45.7 Å². The summed E-state index contributed by atoms with van der Waals surface area (Å²) in [6.07, 6.45) is 3.69. The Morgan fingerprint density at radius 3 is 2.94 bits per heavy atom. The lowest BCUT2D eigenvalue weighted by molar-refractivity contribution is 0.627. The molecule has 0 saturated heterocycles. The van der Waals surface area contributed by atoms with Crippen molar-refractivity contribution >= 4 is 11.0 Å². The minimum Gasteiger partial charge on any atom is -0.342 e. The van der Waals surface area contributed by atoms with E-state index in [1.54, 1.807) is 0 Å². The Morgan fingerprint density at radius 1 is 1.39 bits per heavy atom. The maximum absolute atomic E-state index is 4.63. The van der Waals surface area contributed by atoms with Gasteiger partial charge in [0.2, 0.25) is 0 Å². The molecule has 1 heterocycles. The van der Waals surface area contributed by atoms with Gasteiger partial charge in [-0.15, -0.1) is 0 Å². The number of nitrogens with one attached hydrogen (secondary N) is 2. The average molecular weight is 243 g/mol. The zero-order chi connectivity index (χ0) is 12.5. The summed E-state index contributed by atoms with van der Waals surface area (Å²) in [5.74, 6) is 1.74. The molecule has 0 unspecified atom stereocenters. The molecular formula is C15H21N3. The number of fused-ring (bicyclic) bond motifs is 1. The van der Waals surface area contributed by atoms with Crippen LogP contribution in [-0.2, 0) is 13.0 Å². The summed E-state index contributed by atoms with van der Waals surface area (Å²) in [6, 6.07) is 7.29. The highest BCUT2D eigenvalue weighted by atomic mass is 14.9. The zero-order valence-electron chi connectivity index (χ0n) is 11.2. The monoisotopic (exact) mass is 243 g/mol. The predicted molar refractivity (Wildman–Crippen MR) is 74.5 cm³/mol. The second kappa shape index (κ2) is 4.73. The fourth-order valence-corrected chi connectivity index (χ4v) is 2.25. The van der Waals surface area contributed by atoms with Gasteiger partial charge in [0.1, 0.15) is 5.82 Å². The molecule has 1 saturated carbocycles. The van der Waals surface area contributed by atoms with Crippen LogP contribution in [0, 0.1) is 5.92 Å². The number of imidazole rings is 1. The zero-order valence-corrected chi connectivity index (χ0v) is 11.2. The molecule has 3 rings (SSSR count). The Hall–Kier alpha value is -1.35. The highest BCUT2D eigenvalue weighted by molar-refractivity contribution is 5.75. The predicted octanol–water partition coefficient (Wildman–Crippen LogP) is 3.01. The number of aromatic amines is 1. The lowest BCUT2D eigenvalue weighted by Gasteiger charge is -2.02. The topological polar surface area (TPSA) is 40.7 Å². The van der Waals surface area contributed by atoms with Crippen molar-refractivity contribution in [1.82, 2.24) is 15.3 Å². The molecule has 3 nitrogen and oxygen atoms in total. The van der Waals surface area contributed by atoms with Crippen LogP contribution in [0.4, 0.5) is 0 Å². The third-order valence-corrected chi connectivity index (χ3v) is 3.37. The summed E-state index contributed by atoms with van der Waals surface area (Å²) in [5.41, 5.74) is 3.59. The van der Waals surface area contributed by atoms with E-state index in [1.807, 2.05) is 0 Å². The van der Waals surface area contributed by atoms with E-state index in [2.05, 4.69) is 47.3 Å². The molecule has 1 aliphatic carbocycles. The summed E-state index contributed by atoms with van der Waals surface area (Å²) in [6.45, 7) is 5.41. The van der Waals surface area contributed by atoms with Gasteiger partial charge in [-0.05, 0) is 36.5 Å². The molecular weight excluding hydrogens is 222 g/mol. The van der Waals surface area contributed by atoms with Gasteiger partial charge in [-0.3, -0.25) is 0 Å². The van der Waals surface area contributed by atoms with Gasteiger partial charge in [0.05, 0.1) is 11.0 Å². The number of rotatable bonds is 5. The molecule has 2 N–H and O–H groups in total. The van der Waals surface area contributed by atoms with Crippen molar-refractivity contribution in [1.29, 1.82) is 0 Å². The third-order valence-electron chi connectivity index (χ3n) is 3.37. The summed E-state index contributed by atoms with van der Waals surface area (Å²) in [7, 11) is 0. The molecule has 1 aliphatic rings. The van der Waals surface area contributed by atoms with Crippen molar-refractivity contribution in [3.05, 3.63) is 29.6 Å². The molecule has 0 aliphatic heterocycles. The van der Waals surface area contributed by atoms with Gasteiger partial charge >= 0.3 is 0 Å². The Morgan fingerprint density at radius 2 is 2.22 bits per heavy atom. The molecule has 1 fully saturated rings. The normalized spacial score (nSPS) is 15.7. The second-order valence-corrected chi connectivity index (χ2v) is 5.79. The van der Waals surface area contributed by atoms with E-state index in [0.29, 0.717) is 5.92 Å². The molecule has 0 radical (unpaired) electrons. The number of hydrogen-bond acceptors (Lipinski definition) is 2. The summed E-state index contributed by atoms with van der Waals surface area (Å²) in [4.78, 5) is 8.06. The molecule has 0 bridgehead atoms. The van der Waals surface area contributed by atoms with E-state index in [-0.39, 0.29) is 0 Å². The van der Waals surface area contributed by atoms with Crippen molar-refractivity contribution < 1.29 is 0 Å². The quantitative estimate of drug-likeness (QED) is 0.847. The van der Waals surface area contributed by atoms with Crippen LogP contribution in [0.1, 0.15) is 38.1 Å². The molecule has 0 spiro atoms. The number of hydrogen-bond donors (Lipinski definition) is 2. The molecule has 0 amide bonds. The van der Waals surface area contributed by atoms with E-state index in [0.717, 1.165) is 30.3 Å². The van der Waals surface area contributed by atoms with Gasteiger partial charge in [0, 0.05) is 19.0 Å². The van der Waals surface area contributed by atoms with Crippen LogP contribution in [0.25, 0.3) is 11.0 Å². The van der Waals surface area contributed by atoms with Gasteiger partial charge < -0.3 is 10.3 Å². The molecule has 96 valence electrons. The largest absolute Gasteiger partial charge is 0.342 e. The molecule has 2 aromatic rings. The highest BCUT2D eigenvalue weighted by Crippen LogP contribution is 2.20. The number of H-pyrrole nitrogens is 1. The third kappa shape index (κ3) is 2.72. The van der Waals surface area contributed by atoms with Crippen LogP contribution in [0.2, 0.25) is 0 Å². The fourth-order valence-electron chi connectivity index (χ4n) is 2.25. The van der Waals surface area contributed by atoms with Crippen LogP contribution in [0.15, 0.2) is 18.2 Å². The molecule has 1 aromatic carbocycles. The van der Waals surface area contributed by atoms with E-state index in [9.17, 15) is 0 Å². The van der Waals surface area contributed by atoms with E-state index >= 15 is 0 Å². The van der Waals surface area contributed by atoms with Gasteiger partial charge in [0.15, 0.2) is 0 Å². The Balaban J connectivity index is 1.77. The minimum absolute atomic E-state index is 0.640. The second-order valence-electron chi connectivity index (χ2n) is 5.79. The SMILES string of the molecule is CC(C)Cc1nc2ccc(CNC3CC3)cc2[nH]1. The molecule has 0 atom stereocenters. The maximum atomic E-state index is 4.63. The van der Waals surface area contributed by atoms with Crippen molar-refractivity contribution in [2.75, 3.05) is 0 Å². The summed E-state index contributed by atoms with van der Waals surface area (Å²) in [5, 5.41) is 3.54. The first-order chi connectivity index (χ1) is 8.70. The average Bonchev–Trinajstić information content (AvgIpc) is 3.05. The maximum Gasteiger partial charge on any atom is 0.107 e. The van der Waals surface area contributed by atoms with Crippen molar-refractivity contribution in [3.8, 4) is 0 Å². The van der Waals surface area contributed by atoms with Gasteiger partial charge in [0.25, 0.3) is 0 Å². The lowest BCUT2D eigenvalue weighted by atomic mass is 10.1. The molecule has 1 aromatic heterocycles. The standard InChI is InChI=1S/C15H21N3/c1-10(2)7-15-17-13-6-3-11(8-14(13)18-15)9-16-12-4-5-12/h3,6,8,10,12,16H,4-5,7,9H2,1-2H3,(H,17,18). The van der Waals surface area contributed by atoms with Crippen LogP contribution in [0.3, 0.4) is 0 Å². The highest BCUT2D eigenvalue weighted by Gasteiger charge is 2.19. The van der Waals surface area contributed by atoms with Gasteiger partial charge in [-0.25, -0.2) is 4.98 Å². The number of nitrogens with zero attached hydrogens (tertiary/aromatic N) is 1. The van der Waals surface area contributed by atoms with Crippen LogP contribution >= 0.6 is 0 Å². The van der Waals surface area contributed by atoms with Gasteiger partial charge in [-0.2, -0.15) is 0 Å². The van der Waals surface area contributed by atoms with Crippen molar-refractivity contribution in [2.24, 2.45) is 5.92 Å². The number of aromatic nitrogens is 2. The Kier molecular flexibility index (Phi) is 3.08. The van der Waals surface area contributed by atoms with E-state index in [4.69, 9.17) is 0 Å². The molecule has 18 heavy (non-hydrogen) atoms. The Labute approximate surface area is 108 Å². The first-order valence-electron chi connectivity index (χ1n) is 6.91. The first-order valence-corrected chi connectivity index (χ1v) is 6.91. The first kappa shape index (κ1) is 11.7. The smallest absolute Gasteiger partial charge is 0.107 e. The van der Waals surface area contributed by atoms with E-state index in [1.165, 1.54) is 23.9 Å². The fraction of sp³-hybridized carbons (Fsp3) is 0.533. The number of benzene rings is 1. The summed E-state index contributed by atoms with van der Waals surface area (Å²) < 4.78 is 0. The van der Waals surface area contributed by atoms with Crippen LogP contribution < -0.4 is 5.32 Å². The van der Waals surface area contributed by atoms with E-state index < -0.39 is 0 Å². The van der Waals surface area contributed by atoms with Gasteiger partial charge in [-0.1, -0.05) is 19.9 Å². The molecule has 3 heteroatoms. The van der Waals surface area contributed by atoms with Crippen LogP contribution in [0.5, 0.6) is 0 Å². The van der Waals surface area contributed by atoms with Crippen LogP contribution in [-0.4, -0.2) is 16.0 Å².